The van der Waals surface area contributed by atoms with E-state index in [4.69, 9.17) is 5.26 Å². The van der Waals surface area contributed by atoms with Crippen LogP contribution in [0.1, 0.15) is 39.2 Å². The molecule has 122 valence electrons. The molecule has 0 bridgehead atoms. The highest BCUT2D eigenvalue weighted by Gasteiger charge is 2.09. The van der Waals surface area contributed by atoms with Gasteiger partial charge in [-0.3, -0.25) is 15.2 Å². The first-order chi connectivity index (χ1) is 10.6. The molecule has 0 aliphatic carbocycles. The highest BCUT2D eigenvalue weighted by molar-refractivity contribution is 6.01. The summed E-state index contributed by atoms with van der Waals surface area (Å²) in [6.45, 7) is 9.68. The van der Waals surface area contributed by atoms with Gasteiger partial charge in [0.15, 0.2) is 0 Å². The molecule has 0 heterocycles. The van der Waals surface area contributed by atoms with Gasteiger partial charge in [0.25, 0.3) is 0 Å². The minimum atomic E-state index is 0.0959. The minimum absolute atomic E-state index is 0.0959. The van der Waals surface area contributed by atoms with E-state index in [-0.39, 0.29) is 6.61 Å². The Kier molecular flexibility index (Phi) is 11.9. The highest BCUT2D eigenvalue weighted by Crippen LogP contribution is 2.14. The summed E-state index contributed by atoms with van der Waals surface area (Å²) in [6.07, 6.45) is 2.99. The zero-order chi connectivity index (χ0) is 16.8. The normalized spacial score (nSPS) is 12.1. The average molecular weight is 304 g/mol. The van der Waals surface area contributed by atoms with E-state index in [1.807, 2.05) is 13.0 Å². The first kappa shape index (κ1) is 20.2. The molecule has 0 saturated heterocycles. The van der Waals surface area contributed by atoms with Crippen LogP contribution < -0.4 is 0 Å². The number of hydrogen-bond donors (Lipinski definition) is 1. The zero-order valence-corrected chi connectivity index (χ0v) is 14.2. The van der Waals surface area contributed by atoms with Gasteiger partial charge in [-0.1, -0.05) is 50.6 Å². The third-order valence-electron chi connectivity index (χ3n) is 3.24. The van der Waals surface area contributed by atoms with Crippen LogP contribution >= 0.6 is 0 Å². The van der Waals surface area contributed by atoms with Gasteiger partial charge in [-0.05, 0) is 37.6 Å². The largest absolute Gasteiger partial charge is 0.290 e. The SMILES string of the molecule is C=N/C(C)=C(/CCC)C(COO)=NC.CCc1ccccc1. The van der Waals surface area contributed by atoms with Crippen molar-refractivity contribution in [3.8, 4) is 0 Å². The minimum Gasteiger partial charge on any atom is -0.290 e. The molecule has 0 saturated carbocycles. The molecule has 1 aromatic carbocycles. The quantitative estimate of drug-likeness (QED) is 0.456. The van der Waals surface area contributed by atoms with Crippen LogP contribution in [-0.2, 0) is 11.3 Å². The summed E-state index contributed by atoms with van der Waals surface area (Å²) in [5, 5.41) is 8.39. The lowest BCUT2D eigenvalue weighted by molar-refractivity contribution is -0.227. The molecular weight excluding hydrogens is 276 g/mol. The van der Waals surface area contributed by atoms with Crippen LogP contribution in [0.4, 0.5) is 0 Å². The van der Waals surface area contributed by atoms with Crippen LogP contribution in [0.3, 0.4) is 0 Å². The third kappa shape index (κ3) is 7.86. The molecule has 1 aromatic rings. The second-order valence-electron chi connectivity index (χ2n) is 4.75. The summed E-state index contributed by atoms with van der Waals surface area (Å²) in [6, 6.07) is 10.5. The molecule has 22 heavy (non-hydrogen) atoms. The molecule has 0 fully saturated rings. The Morgan fingerprint density at radius 2 is 1.86 bits per heavy atom. The van der Waals surface area contributed by atoms with Gasteiger partial charge in [0, 0.05) is 12.7 Å². The van der Waals surface area contributed by atoms with E-state index >= 15 is 0 Å². The predicted molar refractivity (Wildman–Crippen MR) is 94.9 cm³/mol. The number of benzene rings is 1. The predicted octanol–water partition coefficient (Wildman–Crippen LogP) is 4.57. The Balaban J connectivity index is 0.000000461. The van der Waals surface area contributed by atoms with Crippen LogP contribution in [0.15, 0.2) is 51.6 Å². The zero-order valence-electron chi connectivity index (χ0n) is 14.2. The standard InChI is InChI=1S/C10H18N2O2.C8H10/c1-5-6-9(8(2)11-3)10(12-4)7-14-13;1-2-8-6-4-3-5-7-8/h13H,3,5-7H2,1-2,4H3;3-7H,2H2,1H3/b9-8-,12-10?;. The second kappa shape index (κ2) is 12.9. The van der Waals surface area contributed by atoms with Crippen LogP contribution in [0, 0.1) is 0 Å². The fourth-order valence-corrected chi connectivity index (χ4v) is 1.94. The topological polar surface area (TPSA) is 54.2 Å². The van der Waals surface area contributed by atoms with Gasteiger partial charge in [-0.25, -0.2) is 4.89 Å². The molecule has 0 atom stereocenters. The second-order valence-corrected chi connectivity index (χ2v) is 4.75. The highest BCUT2D eigenvalue weighted by atomic mass is 17.1. The summed E-state index contributed by atoms with van der Waals surface area (Å²) < 4.78 is 0. The number of nitrogens with zero attached hydrogens (tertiary/aromatic N) is 2. The molecule has 0 aliphatic rings. The van der Waals surface area contributed by atoms with Gasteiger partial charge in [0.05, 0.1) is 5.71 Å². The number of aryl methyl sites for hydroxylation is 1. The first-order valence-electron chi connectivity index (χ1n) is 7.57. The Bertz CT molecular complexity index is 479. The van der Waals surface area contributed by atoms with Gasteiger partial charge in [-0.15, -0.1) is 0 Å². The average Bonchev–Trinajstić information content (AvgIpc) is 2.58. The van der Waals surface area contributed by atoms with Crippen molar-refractivity contribution in [2.75, 3.05) is 13.7 Å². The van der Waals surface area contributed by atoms with Crippen molar-refractivity contribution in [1.29, 1.82) is 0 Å². The molecule has 0 aliphatic heterocycles. The lowest BCUT2D eigenvalue weighted by Gasteiger charge is -2.09. The number of aliphatic imine (C=N–C) groups is 2. The van der Waals surface area contributed by atoms with E-state index in [0.717, 1.165) is 36.2 Å². The van der Waals surface area contributed by atoms with Crippen LogP contribution in [0.2, 0.25) is 0 Å². The van der Waals surface area contributed by atoms with E-state index in [2.05, 4.69) is 59.7 Å². The van der Waals surface area contributed by atoms with E-state index in [9.17, 15) is 0 Å². The summed E-state index contributed by atoms with van der Waals surface area (Å²) in [7, 11) is 1.67. The van der Waals surface area contributed by atoms with Crippen molar-refractivity contribution >= 4 is 12.4 Å². The van der Waals surface area contributed by atoms with Crippen molar-refractivity contribution in [3.63, 3.8) is 0 Å². The lowest BCUT2D eigenvalue weighted by atomic mass is 10.0. The van der Waals surface area contributed by atoms with Crippen molar-refractivity contribution in [2.24, 2.45) is 9.98 Å². The maximum Gasteiger partial charge on any atom is 0.124 e. The van der Waals surface area contributed by atoms with Gasteiger partial charge < -0.3 is 0 Å². The summed E-state index contributed by atoms with van der Waals surface area (Å²) in [4.78, 5) is 12.0. The molecule has 0 radical (unpaired) electrons. The van der Waals surface area contributed by atoms with Crippen molar-refractivity contribution < 1.29 is 10.1 Å². The number of allylic oxidation sites excluding steroid dienone is 1. The third-order valence-corrected chi connectivity index (χ3v) is 3.24. The van der Waals surface area contributed by atoms with Gasteiger partial charge in [0.1, 0.15) is 6.61 Å². The maximum absolute atomic E-state index is 8.39. The number of hydrogen-bond acceptors (Lipinski definition) is 4. The smallest absolute Gasteiger partial charge is 0.124 e. The molecule has 1 N–H and O–H groups in total. The molecule has 4 nitrogen and oxygen atoms in total. The fraction of sp³-hybridized carbons (Fsp3) is 0.444. The molecule has 0 aromatic heterocycles. The summed E-state index contributed by atoms with van der Waals surface area (Å²) in [5.41, 5.74) is 3.97. The summed E-state index contributed by atoms with van der Waals surface area (Å²) in [5.74, 6) is 0. The van der Waals surface area contributed by atoms with Gasteiger partial charge in [-0.2, -0.15) is 0 Å². The lowest BCUT2D eigenvalue weighted by Crippen LogP contribution is -2.12. The van der Waals surface area contributed by atoms with Crippen molar-refractivity contribution in [2.45, 2.75) is 40.0 Å². The Morgan fingerprint density at radius 1 is 1.23 bits per heavy atom. The van der Waals surface area contributed by atoms with Gasteiger partial charge in [0.2, 0.25) is 0 Å². The Labute approximate surface area is 134 Å². The summed E-state index contributed by atoms with van der Waals surface area (Å²) >= 11 is 0. The number of rotatable bonds is 7. The molecule has 0 amide bonds. The van der Waals surface area contributed by atoms with E-state index in [1.165, 1.54) is 5.56 Å². The van der Waals surface area contributed by atoms with E-state index in [1.54, 1.807) is 7.05 Å². The monoisotopic (exact) mass is 304 g/mol. The van der Waals surface area contributed by atoms with E-state index < -0.39 is 0 Å². The first-order valence-corrected chi connectivity index (χ1v) is 7.57. The Morgan fingerprint density at radius 3 is 2.23 bits per heavy atom. The molecular formula is C18H28N2O2. The fourth-order valence-electron chi connectivity index (χ4n) is 1.94. The Hall–Kier alpha value is -1.78. The molecule has 0 spiro atoms. The molecule has 4 heteroatoms. The van der Waals surface area contributed by atoms with Crippen molar-refractivity contribution in [3.05, 3.63) is 47.2 Å². The van der Waals surface area contributed by atoms with Gasteiger partial charge >= 0.3 is 0 Å². The van der Waals surface area contributed by atoms with Crippen LogP contribution in [0.25, 0.3) is 0 Å². The van der Waals surface area contributed by atoms with Crippen molar-refractivity contribution in [1.82, 2.24) is 0 Å². The maximum atomic E-state index is 8.39. The van der Waals surface area contributed by atoms with E-state index in [0.29, 0.717) is 0 Å². The van der Waals surface area contributed by atoms with Crippen LogP contribution in [-0.4, -0.2) is 31.3 Å². The molecule has 1 rings (SSSR count). The molecule has 0 unspecified atom stereocenters. The van der Waals surface area contributed by atoms with Crippen LogP contribution in [0.5, 0.6) is 0 Å².